The summed E-state index contributed by atoms with van der Waals surface area (Å²) in [6.45, 7) is 0. The number of halogens is 1. The summed E-state index contributed by atoms with van der Waals surface area (Å²) >= 11 is 4.96. The molecule has 1 aromatic heterocycles. The maximum atomic E-state index is 9.10. The number of hydrogen-bond donors (Lipinski definition) is 1. The molecule has 1 heterocycles. The third kappa shape index (κ3) is 2.63. The Kier molecular flexibility index (Phi) is 3.60. The van der Waals surface area contributed by atoms with E-state index in [1.807, 2.05) is 41.8 Å². The predicted molar refractivity (Wildman–Crippen MR) is 70.4 cm³/mol. The monoisotopic (exact) mass is 292 g/mol. The van der Waals surface area contributed by atoms with E-state index in [2.05, 4.69) is 27.3 Å². The number of nitrogens with zero attached hydrogens (tertiary/aromatic N) is 1. The molecule has 0 fully saturated rings. The molecule has 0 amide bonds. The zero-order chi connectivity index (χ0) is 11.4. The molecule has 2 aromatic rings. The fraction of sp³-hybridized carbons (Fsp3) is 0.0833. The Morgan fingerprint density at radius 2 is 2.00 bits per heavy atom. The van der Waals surface area contributed by atoms with Gasteiger partial charge in [-0.2, -0.15) is 5.26 Å². The second-order valence-electron chi connectivity index (χ2n) is 3.23. The van der Waals surface area contributed by atoms with Gasteiger partial charge < -0.3 is 5.32 Å². The molecule has 0 aliphatic rings. The third-order valence-electron chi connectivity index (χ3n) is 2.11. The van der Waals surface area contributed by atoms with E-state index >= 15 is 0 Å². The van der Waals surface area contributed by atoms with Crippen LogP contribution in [-0.4, -0.2) is 0 Å². The Morgan fingerprint density at radius 1 is 1.25 bits per heavy atom. The van der Waals surface area contributed by atoms with Crippen molar-refractivity contribution in [2.24, 2.45) is 0 Å². The highest BCUT2D eigenvalue weighted by Crippen LogP contribution is 2.23. The normalized spacial score (nSPS) is 11.8. The van der Waals surface area contributed by atoms with Crippen LogP contribution in [0, 0.1) is 11.3 Å². The number of nitriles is 1. The van der Waals surface area contributed by atoms with Gasteiger partial charge in [-0.05, 0) is 35.7 Å². The second-order valence-corrected chi connectivity index (χ2v) is 5.12. The van der Waals surface area contributed by atoms with Crippen molar-refractivity contribution in [3.63, 3.8) is 0 Å². The maximum Gasteiger partial charge on any atom is 0.149 e. The quantitative estimate of drug-likeness (QED) is 0.921. The molecule has 0 saturated carbocycles. The summed E-state index contributed by atoms with van der Waals surface area (Å²) in [6.07, 6.45) is 0. The summed E-state index contributed by atoms with van der Waals surface area (Å²) in [4.78, 5) is 1.03. The predicted octanol–water partition coefficient (Wildman–Crippen LogP) is 4.19. The van der Waals surface area contributed by atoms with Gasteiger partial charge in [-0.3, -0.25) is 0 Å². The number of benzene rings is 1. The van der Waals surface area contributed by atoms with Crippen LogP contribution in [0.4, 0.5) is 5.69 Å². The van der Waals surface area contributed by atoms with E-state index in [0.29, 0.717) is 0 Å². The molecular weight excluding hydrogens is 284 g/mol. The van der Waals surface area contributed by atoms with Crippen molar-refractivity contribution in [2.75, 3.05) is 5.32 Å². The largest absolute Gasteiger partial charge is 0.366 e. The van der Waals surface area contributed by atoms with E-state index in [0.717, 1.165) is 15.0 Å². The highest BCUT2D eigenvalue weighted by Gasteiger charge is 2.10. The van der Waals surface area contributed by atoms with E-state index in [1.54, 1.807) is 11.3 Å². The average molecular weight is 293 g/mol. The number of thiophene rings is 1. The van der Waals surface area contributed by atoms with Crippen molar-refractivity contribution in [2.45, 2.75) is 6.04 Å². The van der Waals surface area contributed by atoms with Gasteiger partial charge in [0.05, 0.1) is 6.07 Å². The molecule has 0 spiro atoms. The minimum Gasteiger partial charge on any atom is -0.366 e. The molecule has 2 nitrogen and oxygen atoms in total. The van der Waals surface area contributed by atoms with Gasteiger partial charge in [-0.1, -0.05) is 22.0 Å². The van der Waals surface area contributed by atoms with Crippen molar-refractivity contribution in [1.29, 1.82) is 5.26 Å². The SMILES string of the molecule is N#CC(Nc1ccc(Br)cc1)c1cccs1. The van der Waals surface area contributed by atoms with Crippen molar-refractivity contribution in [3.05, 3.63) is 51.1 Å². The lowest BCUT2D eigenvalue weighted by molar-refractivity contribution is 1.03. The zero-order valence-electron chi connectivity index (χ0n) is 8.35. The zero-order valence-corrected chi connectivity index (χ0v) is 10.8. The molecule has 80 valence electrons. The highest BCUT2D eigenvalue weighted by atomic mass is 79.9. The van der Waals surface area contributed by atoms with Gasteiger partial charge in [0.1, 0.15) is 6.04 Å². The van der Waals surface area contributed by atoms with Gasteiger partial charge in [-0.15, -0.1) is 11.3 Å². The number of anilines is 1. The van der Waals surface area contributed by atoms with E-state index in [9.17, 15) is 0 Å². The summed E-state index contributed by atoms with van der Waals surface area (Å²) in [5.74, 6) is 0. The Morgan fingerprint density at radius 3 is 2.56 bits per heavy atom. The van der Waals surface area contributed by atoms with Gasteiger partial charge in [0, 0.05) is 15.0 Å². The Hall–Kier alpha value is -1.31. The van der Waals surface area contributed by atoms with Crippen molar-refractivity contribution >= 4 is 33.0 Å². The first-order valence-electron chi connectivity index (χ1n) is 4.75. The number of rotatable bonds is 3. The van der Waals surface area contributed by atoms with Crippen LogP contribution in [0.15, 0.2) is 46.3 Å². The van der Waals surface area contributed by atoms with Crippen molar-refractivity contribution < 1.29 is 0 Å². The Labute approximate surface area is 107 Å². The fourth-order valence-corrected chi connectivity index (χ4v) is 2.32. The van der Waals surface area contributed by atoms with Crippen molar-refractivity contribution in [1.82, 2.24) is 0 Å². The highest BCUT2D eigenvalue weighted by molar-refractivity contribution is 9.10. The van der Waals surface area contributed by atoms with Gasteiger partial charge >= 0.3 is 0 Å². The van der Waals surface area contributed by atoms with Gasteiger partial charge in [0.15, 0.2) is 0 Å². The summed E-state index contributed by atoms with van der Waals surface area (Å²) in [5.41, 5.74) is 0.947. The molecule has 0 aliphatic carbocycles. The molecule has 4 heteroatoms. The van der Waals surface area contributed by atoms with Crippen LogP contribution >= 0.6 is 27.3 Å². The molecule has 0 bridgehead atoms. The van der Waals surface area contributed by atoms with E-state index in [4.69, 9.17) is 5.26 Å². The third-order valence-corrected chi connectivity index (χ3v) is 3.58. The van der Waals surface area contributed by atoms with Crippen LogP contribution in [0.1, 0.15) is 10.9 Å². The van der Waals surface area contributed by atoms with E-state index in [1.165, 1.54) is 0 Å². The van der Waals surface area contributed by atoms with E-state index < -0.39 is 0 Å². The summed E-state index contributed by atoms with van der Waals surface area (Å²) in [6, 6.07) is 13.7. The standard InChI is InChI=1S/C12H9BrN2S/c13-9-3-5-10(6-4-9)15-11(8-14)12-2-1-7-16-12/h1-7,11,15H. The molecule has 16 heavy (non-hydrogen) atoms. The summed E-state index contributed by atoms with van der Waals surface area (Å²) < 4.78 is 1.03. The molecule has 1 aromatic carbocycles. The van der Waals surface area contributed by atoms with E-state index in [-0.39, 0.29) is 6.04 Å². The van der Waals surface area contributed by atoms with Crippen LogP contribution in [0.25, 0.3) is 0 Å². The first-order chi connectivity index (χ1) is 7.79. The Balaban J connectivity index is 2.14. The lowest BCUT2D eigenvalue weighted by atomic mass is 10.2. The van der Waals surface area contributed by atoms with Crippen molar-refractivity contribution in [3.8, 4) is 6.07 Å². The number of nitrogens with one attached hydrogen (secondary N) is 1. The maximum absolute atomic E-state index is 9.10. The molecular formula is C12H9BrN2S. The Bertz CT molecular complexity index is 485. The molecule has 1 unspecified atom stereocenters. The van der Waals surface area contributed by atoms with Crippen LogP contribution in [0.5, 0.6) is 0 Å². The lowest BCUT2D eigenvalue weighted by Gasteiger charge is -2.11. The molecule has 0 radical (unpaired) electrons. The lowest BCUT2D eigenvalue weighted by Crippen LogP contribution is -2.06. The van der Waals surface area contributed by atoms with Gasteiger partial charge in [0.2, 0.25) is 0 Å². The van der Waals surface area contributed by atoms with Crippen LogP contribution in [0.3, 0.4) is 0 Å². The molecule has 0 saturated heterocycles. The fourth-order valence-electron chi connectivity index (χ4n) is 1.34. The summed E-state index contributed by atoms with van der Waals surface area (Å²) in [7, 11) is 0. The number of hydrogen-bond acceptors (Lipinski definition) is 3. The topological polar surface area (TPSA) is 35.8 Å². The van der Waals surface area contributed by atoms with Crippen LogP contribution < -0.4 is 5.32 Å². The average Bonchev–Trinajstić information content (AvgIpc) is 2.82. The minimum atomic E-state index is -0.277. The molecule has 2 rings (SSSR count). The minimum absolute atomic E-state index is 0.277. The van der Waals surface area contributed by atoms with Gasteiger partial charge in [-0.25, -0.2) is 0 Å². The smallest absolute Gasteiger partial charge is 0.149 e. The van der Waals surface area contributed by atoms with Crippen LogP contribution in [0.2, 0.25) is 0 Å². The van der Waals surface area contributed by atoms with Crippen LogP contribution in [-0.2, 0) is 0 Å². The second kappa shape index (κ2) is 5.15. The summed E-state index contributed by atoms with van der Waals surface area (Å²) in [5, 5.41) is 14.3. The molecule has 1 atom stereocenters. The first-order valence-corrected chi connectivity index (χ1v) is 6.42. The molecule has 1 N–H and O–H groups in total. The first kappa shape index (κ1) is 11.2. The van der Waals surface area contributed by atoms with Gasteiger partial charge in [0.25, 0.3) is 0 Å². The molecule has 0 aliphatic heterocycles.